The van der Waals surface area contributed by atoms with Crippen LogP contribution in [0.2, 0.25) is 5.02 Å². The highest BCUT2D eigenvalue weighted by molar-refractivity contribution is 6.38. The van der Waals surface area contributed by atoms with Crippen molar-refractivity contribution in [1.29, 1.82) is 0 Å². The Kier molecular flexibility index (Phi) is 3.65. The number of aryl methyl sites for hydroxylation is 1. The highest BCUT2D eigenvalue weighted by Gasteiger charge is 2.46. The molecule has 0 spiro atoms. The maximum Gasteiger partial charge on any atom is 0.264 e. The van der Waals surface area contributed by atoms with Crippen LogP contribution in [0, 0.1) is 0 Å². The van der Waals surface area contributed by atoms with Crippen molar-refractivity contribution in [3.63, 3.8) is 0 Å². The van der Waals surface area contributed by atoms with Gasteiger partial charge in [-0.05, 0) is 25.3 Å². The zero-order chi connectivity index (χ0) is 20.7. The maximum atomic E-state index is 13.4. The van der Waals surface area contributed by atoms with E-state index >= 15 is 0 Å². The standard InChI is InChI=1S/C21H22ClN7O/c1-27-9-13-15(26-27)5-4-11(18(13)22)12-8-24-19-17(12)20(30)28(2)21(25-19)29-10-3-6-16(29)14(23)7-10/h4-5,8-10,14,16,24H,3,6-7,23H2,1-2H3. The lowest BCUT2D eigenvalue weighted by Crippen LogP contribution is -2.40. The number of anilines is 1. The van der Waals surface area contributed by atoms with Gasteiger partial charge in [-0.3, -0.25) is 14.0 Å². The largest absolute Gasteiger partial charge is 0.345 e. The minimum Gasteiger partial charge on any atom is -0.345 e. The molecule has 3 unspecified atom stereocenters. The van der Waals surface area contributed by atoms with E-state index in [0.29, 0.717) is 28.0 Å². The number of rotatable bonds is 2. The van der Waals surface area contributed by atoms with E-state index in [2.05, 4.69) is 15.0 Å². The van der Waals surface area contributed by atoms with Crippen LogP contribution in [0.5, 0.6) is 0 Å². The Balaban J connectivity index is 1.55. The number of fused-ring (bicyclic) bond motifs is 4. The summed E-state index contributed by atoms with van der Waals surface area (Å²) in [5, 5.41) is 6.38. The van der Waals surface area contributed by atoms with Gasteiger partial charge in [0.2, 0.25) is 5.95 Å². The molecule has 2 bridgehead atoms. The first-order chi connectivity index (χ1) is 14.4. The van der Waals surface area contributed by atoms with E-state index in [1.807, 2.05) is 31.6 Å². The molecule has 154 valence electrons. The number of benzene rings is 1. The average molecular weight is 424 g/mol. The van der Waals surface area contributed by atoms with Gasteiger partial charge >= 0.3 is 0 Å². The highest BCUT2D eigenvalue weighted by Crippen LogP contribution is 2.40. The summed E-state index contributed by atoms with van der Waals surface area (Å²) >= 11 is 6.72. The van der Waals surface area contributed by atoms with Crippen LogP contribution in [-0.2, 0) is 14.1 Å². The summed E-state index contributed by atoms with van der Waals surface area (Å²) in [6.45, 7) is 0. The van der Waals surface area contributed by atoms with Crippen LogP contribution in [-0.4, -0.2) is 42.4 Å². The smallest absolute Gasteiger partial charge is 0.264 e. The lowest BCUT2D eigenvalue weighted by molar-refractivity contribution is 0.503. The number of aromatic amines is 1. The van der Waals surface area contributed by atoms with Crippen molar-refractivity contribution in [2.24, 2.45) is 19.8 Å². The first kappa shape index (κ1) is 18.0. The summed E-state index contributed by atoms with van der Waals surface area (Å²) in [4.78, 5) is 23.7. The lowest BCUT2D eigenvalue weighted by Gasteiger charge is -2.25. The molecule has 3 N–H and O–H groups in total. The molecular formula is C21H22ClN7O. The first-order valence-electron chi connectivity index (χ1n) is 10.2. The van der Waals surface area contributed by atoms with Crippen LogP contribution >= 0.6 is 11.6 Å². The second-order valence-corrected chi connectivity index (χ2v) is 8.85. The molecule has 0 radical (unpaired) electrons. The topological polar surface area (TPSA) is 97.8 Å². The number of nitrogens with one attached hydrogen (secondary N) is 1. The normalized spacial score (nSPS) is 23.3. The van der Waals surface area contributed by atoms with Gasteiger partial charge in [0.15, 0.2) is 0 Å². The molecule has 0 aliphatic carbocycles. The van der Waals surface area contributed by atoms with Crippen molar-refractivity contribution in [2.75, 3.05) is 4.90 Å². The molecule has 5 heterocycles. The Hall–Kier alpha value is -2.84. The van der Waals surface area contributed by atoms with E-state index in [9.17, 15) is 4.79 Å². The van der Waals surface area contributed by atoms with Crippen molar-refractivity contribution in [3.05, 3.63) is 39.9 Å². The average Bonchev–Trinajstić information content (AvgIpc) is 3.46. The van der Waals surface area contributed by atoms with Gasteiger partial charge in [-0.1, -0.05) is 17.7 Å². The number of halogens is 1. The van der Waals surface area contributed by atoms with E-state index < -0.39 is 0 Å². The van der Waals surface area contributed by atoms with Gasteiger partial charge in [0, 0.05) is 61.1 Å². The Morgan fingerprint density at radius 1 is 1.23 bits per heavy atom. The number of nitrogens with two attached hydrogens (primary N) is 1. The molecule has 0 amide bonds. The molecule has 1 aromatic carbocycles. The molecule has 2 fully saturated rings. The zero-order valence-electron chi connectivity index (χ0n) is 16.8. The van der Waals surface area contributed by atoms with Crippen LogP contribution in [0.25, 0.3) is 33.1 Å². The van der Waals surface area contributed by atoms with Crippen LogP contribution in [0.4, 0.5) is 5.95 Å². The van der Waals surface area contributed by atoms with Gasteiger partial charge in [0.25, 0.3) is 5.56 Å². The third-order valence-corrected chi connectivity index (χ3v) is 7.14. The Morgan fingerprint density at radius 3 is 2.80 bits per heavy atom. The van der Waals surface area contributed by atoms with Crippen molar-refractivity contribution >= 4 is 39.5 Å². The molecule has 2 aliphatic rings. The summed E-state index contributed by atoms with van der Waals surface area (Å²) in [7, 11) is 3.65. The molecule has 2 saturated heterocycles. The predicted octanol–water partition coefficient (Wildman–Crippen LogP) is 2.54. The Labute approximate surface area is 177 Å². The molecule has 0 saturated carbocycles. The monoisotopic (exact) mass is 423 g/mol. The van der Waals surface area contributed by atoms with Crippen LogP contribution in [0.3, 0.4) is 0 Å². The van der Waals surface area contributed by atoms with Crippen molar-refractivity contribution in [1.82, 2.24) is 24.3 Å². The summed E-state index contributed by atoms with van der Waals surface area (Å²) in [6.07, 6.45) is 6.81. The fraction of sp³-hybridized carbons (Fsp3) is 0.381. The number of nitrogens with zero attached hydrogens (tertiary/aromatic N) is 5. The zero-order valence-corrected chi connectivity index (χ0v) is 17.5. The minimum atomic E-state index is -0.0894. The van der Waals surface area contributed by atoms with Crippen molar-refractivity contribution < 1.29 is 0 Å². The Morgan fingerprint density at radius 2 is 2.07 bits per heavy atom. The second-order valence-electron chi connectivity index (χ2n) is 8.47. The fourth-order valence-electron chi connectivity index (χ4n) is 5.33. The van der Waals surface area contributed by atoms with E-state index in [4.69, 9.17) is 22.3 Å². The van der Waals surface area contributed by atoms with Gasteiger partial charge in [-0.25, -0.2) is 0 Å². The molecule has 2 aliphatic heterocycles. The minimum absolute atomic E-state index is 0.0894. The highest BCUT2D eigenvalue weighted by atomic mass is 35.5. The quantitative estimate of drug-likeness (QED) is 0.516. The van der Waals surface area contributed by atoms with Crippen LogP contribution < -0.4 is 16.2 Å². The van der Waals surface area contributed by atoms with Crippen molar-refractivity contribution in [2.45, 2.75) is 37.4 Å². The van der Waals surface area contributed by atoms with Gasteiger partial charge < -0.3 is 15.6 Å². The van der Waals surface area contributed by atoms with Gasteiger partial charge in [-0.2, -0.15) is 10.1 Å². The van der Waals surface area contributed by atoms with Gasteiger partial charge in [-0.15, -0.1) is 0 Å². The molecule has 4 aromatic rings. The van der Waals surface area contributed by atoms with E-state index in [1.165, 1.54) is 0 Å². The second kappa shape index (κ2) is 6.09. The first-order valence-corrected chi connectivity index (χ1v) is 10.6. The summed E-state index contributed by atoms with van der Waals surface area (Å²) < 4.78 is 3.39. The molecule has 8 nitrogen and oxygen atoms in total. The SMILES string of the molecule is Cn1cc2c(Cl)c(-c3c[nH]c4nc(N5C6CCC5C(N)C6)n(C)c(=O)c34)ccc2n1. The van der Waals surface area contributed by atoms with E-state index in [-0.39, 0.29) is 17.6 Å². The third-order valence-electron chi connectivity index (χ3n) is 6.73. The molecule has 3 aromatic heterocycles. The third kappa shape index (κ3) is 2.29. The number of hydrogen-bond donors (Lipinski definition) is 2. The summed E-state index contributed by atoms with van der Waals surface area (Å²) in [5.41, 5.74) is 9.15. The predicted molar refractivity (Wildman–Crippen MR) is 118 cm³/mol. The Bertz CT molecular complexity index is 1380. The van der Waals surface area contributed by atoms with Crippen LogP contribution in [0.1, 0.15) is 19.3 Å². The van der Waals surface area contributed by atoms with Crippen LogP contribution in [0.15, 0.2) is 29.3 Å². The van der Waals surface area contributed by atoms with E-state index in [0.717, 1.165) is 41.3 Å². The molecule has 30 heavy (non-hydrogen) atoms. The molecular weight excluding hydrogens is 402 g/mol. The fourth-order valence-corrected chi connectivity index (χ4v) is 5.64. The van der Waals surface area contributed by atoms with Gasteiger partial charge in [0.1, 0.15) is 5.65 Å². The number of hydrogen-bond acceptors (Lipinski definition) is 5. The summed E-state index contributed by atoms with van der Waals surface area (Å²) in [6, 6.07) is 4.58. The molecule has 9 heteroatoms. The van der Waals surface area contributed by atoms with Crippen molar-refractivity contribution in [3.8, 4) is 11.1 Å². The lowest BCUT2D eigenvalue weighted by atomic mass is 9.97. The summed E-state index contributed by atoms with van der Waals surface area (Å²) in [5.74, 6) is 0.690. The molecule has 6 rings (SSSR count). The number of H-pyrrole nitrogens is 1. The number of aromatic nitrogens is 5. The molecule has 3 atom stereocenters. The van der Waals surface area contributed by atoms with Gasteiger partial charge in [0.05, 0.1) is 15.9 Å². The maximum absolute atomic E-state index is 13.4. The van der Waals surface area contributed by atoms with E-state index in [1.54, 1.807) is 16.3 Å².